The van der Waals surface area contributed by atoms with Crippen molar-refractivity contribution >= 4 is 28.4 Å². The number of benzene rings is 2. The van der Waals surface area contributed by atoms with Crippen LogP contribution in [0.25, 0.3) is 10.9 Å². The Hall–Kier alpha value is -3.68. The standard InChI is InChI=1S/C23H24N4O4/c28-20(12-14-27-19-11-5-4-10-18(19)22(30)25-23(27)31)26-13-6-7-16(15-26)21(29)24-17-8-2-1-3-9-17/h1-5,8-11,16H,6-7,12-15H2,(H,24,29)(H,25,30,31). The lowest BCUT2D eigenvalue weighted by Gasteiger charge is -2.32. The van der Waals surface area contributed by atoms with Crippen molar-refractivity contribution < 1.29 is 9.59 Å². The van der Waals surface area contributed by atoms with E-state index in [1.807, 2.05) is 30.3 Å². The number of para-hydroxylation sites is 2. The fraction of sp³-hybridized carbons (Fsp3) is 0.304. The third-order valence-electron chi connectivity index (χ3n) is 5.64. The number of amides is 2. The van der Waals surface area contributed by atoms with Gasteiger partial charge in [-0.1, -0.05) is 30.3 Å². The van der Waals surface area contributed by atoms with E-state index in [-0.39, 0.29) is 30.7 Å². The van der Waals surface area contributed by atoms with Crippen LogP contribution in [0.3, 0.4) is 0 Å². The van der Waals surface area contributed by atoms with Crippen LogP contribution in [0.15, 0.2) is 64.2 Å². The molecule has 31 heavy (non-hydrogen) atoms. The lowest BCUT2D eigenvalue weighted by molar-refractivity contribution is -0.134. The van der Waals surface area contributed by atoms with Crippen LogP contribution >= 0.6 is 0 Å². The number of H-pyrrole nitrogens is 1. The molecule has 2 amide bonds. The highest BCUT2D eigenvalue weighted by atomic mass is 16.2. The van der Waals surface area contributed by atoms with E-state index in [0.717, 1.165) is 18.5 Å². The smallest absolute Gasteiger partial charge is 0.328 e. The first-order valence-electron chi connectivity index (χ1n) is 10.4. The molecule has 4 rings (SSSR count). The molecule has 2 aromatic carbocycles. The quantitative estimate of drug-likeness (QED) is 0.658. The zero-order chi connectivity index (χ0) is 21.8. The summed E-state index contributed by atoms with van der Waals surface area (Å²) < 4.78 is 1.41. The number of likely N-dealkylation sites (tertiary alicyclic amines) is 1. The Bertz CT molecular complexity index is 1220. The van der Waals surface area contributed by atoms with Crippen LogP contribution in [0.2, 0.25) is 0 Å². The van der Waals surface area contributed by atoms with Crippen molar-refractivity contribution in [2.45, 2.75) is 25.8 Å². The van der Waals surface area contributed by atoms with Gasteiger partial charge in [0.25, 0.3) is 5.56 Å². The molecule has 0 aliphatic carbocycles. The van der Waals surface area contributed by atoms with E-state index in [0.29, 0.717) is 24.0 Å². The number of rotatable bonds is 5. The number of aromatic amines is 1. The molecule has 8 nitrogen and oxygen atoms in total. The van der Waals surface area contributed by atoms with Crippen molar-refractivity contribution in [2.75, 3.05) is 18.4 Å². The molecule has 0 saturated carbocycles. The number of anilines is 1. The molecule has 8 heteroatoms. The average molecular weight is 420 g/mol. The number of carbonyl (C=O) groups excluding carboxylic acids is 2. The summed E-state index contributed by atoms with van der Waals surface area (Å²) in [5.41, 5.74) is 0.268. The molecule has 160 valence electrons. The number of nitrogens with zero attached hydrogens (tertiary/aromatic N) is 2. The van der Waals surface area contributed by atoms with Gasteiger partial charge in [0, 0.05) is 31.7 Å². The number of hydrogen-bond acceptors (Lipinski definition) is 4. The van der Waals surface area contributed by atoms with Gasteiger partial charge in [-0.2, -0.15) is 0 Å². The fourth-order valence-corrected chi connectivity index (χ4v) is 4.01. The average Bonchev–Trinajstić information content (AvgIpc) is 2.79. The summed E-state index contributed by atoms with van der Waals surface area (Å²) >= 11 is 0. The maximum absolute atomic E-state index is 12.8. The number of nitrogens with one attached hydrogen (secondary N) is 2. The van der Waals surface area contributed by atoms with E-state index in [4.69, 9.17) is 0 Å². The summed E-state index contributed by atoms with van der Waals surface area (Å²) in [5, 5.41) is 3.31. The highest BCUT2D eigenvalue weighted by Gasteiger charge is 2.28. The van der Waals surface area contributed by atoms with E-state index in [1.54, 1.807) is 29.2 Å². The number of aryl methyl sites for hydroxylation is 1. The van der Waals surface area contributed by atoms with Gasteiger partial charge in [-0.15, -0.1) is 0 Å². The van der Waals surface area contributed by atoms with Gasteiger partial charge in [0.1, 0.15) is 0 Å². The molecule has 1 atom stereocenters. The van der Waals surface area contributed by atoms with Crippen LogP contribution in [-0.4, -0.2) is 39.4 Å². The van der Waals surface area contributed by atoms with Gasteiger partial charge in [-0.3, -0.25) is 23.9 Å². The number of fused-ring (bicyclic) bond motifs is 1. The van der Waals surface area contributed by atoms with Crippen LogP contribution in [0.5, 0.6) is 0 Å². The normalized spacial score (nSPS) is 16.3. The molecule has 1 fully saturated rings. The summed E-state index contributed by atoms with van der Waals surface area (Å²) in [6.45, 7) is 1.11. The monoisotopic (exact) mass is 420 g/mol. The van der Waals surface area contributed by atoms with Crippen LogP contribution < -0.4 is 16.6 Å². The van der Waals surface area contributed by atoms with E-state index < -0.39 is 11.2 Å². The van der Waals surface area contributed by atoms with Gasteiger partial charge in [0.15, 0.2) is 0 Å². The third-order valence-corrected chi connectivity index (χ3v) is 5.64. The predicted octanol–water partition coefficient (Wildman–Crippen LogP) is 1.96. The first-order chi connectivity index (χ1) is 15.0. The Labute approximate surface area is 178 Å². The number of aromatic nitrogens is 2. The Balaban J connectivity index is 1.41. The largest absolute Gasteiger partial charge is 0.342 e. The second-order valence-electron chi connectivity index (χ2n) is 7.71. The van der Waals surface area contributed by atoms with Crippen molar-refractivity contribution in [3.05, 3.63) is 75.4 Å². The highest BCUT2D eigenvalue weighted by molar-refractivity contribution is 5.93. The minimum absolute atomic E-state index is 0.0912. The minimum atomic E-state index is -0.532. The summed E-state index contributed by atoms with van der Waals surface area (Å²) in [5.74, 6) is -0.472. The Morgan fingerprint density at radius 3 is 2.58 bits per heavy atom. The molecular weight excluding hydrogens is 396 g/mol. The van der Waals surface area contributed by atoms with E-state index in [9.17, 15) is 19.2 Å². The summed E-state index contributed by atoms with van der Waals surface area (Å²) in [6, 6.07) is 16.1. The predicted molar refractivity (Wildman–Crippen MR) is 118 cm³/mol. The maximum atomic E-state index is 12.8. The van der Waals surface area contributed by atoms with Crippen molar-refractivity contribution in [1.82, 2.24) is 14.5 Å². The van der Waals surface area contributed by atoms with Crippen molar-refractivity contribution in [3.63, 3.8) is 0 Å². The molecule has 1 aromatic heterocycles. The van der Waals surface area contributed by atoms with Crippen molar-refractivity contribution in [2.24, 2.45) is 5.92 Å². The van der Waals surface area contributed by atoms with Gasteiger partial charge in [0.05, 0.1) is 16.8 Å². The zero-order valence-corrected chi connectivity index (χ0v) is 17.0. The third kappa shape index (κ3) is 4.58. The fourth-order valence-electron chi connectivity index (χ4n) is 4.01. The van der Waals surface area contributed by atoms with Crippen LogP contribution in [0.1, 0.15) is 19.3 Å². The van der Waals surface area contributed by atoms with Crippen LogP contribution in [0.4, 0.5) is 5.69 Å². The number of piperidine rings is 1. The molecule has 1 unspecified atom stereocenters. The van der Waals surface area contributed by atoms with Gasteiger partial charge in [-0.05, 0) is 37.1 Å². The lowest BCUT2D eigenvalue weighted by Crippen LogP contribution is -2.44. The van der Waals surface area contributed by atoms with E-state index >= 15 is 0 Å². The second-order valence-corrected chi connectivity index (χ2v) is 7.71. The molecule has 3 aromatic rings. The molecule has 1 aliphatic heterocycles. The summed E-state index contributed by atoms with van der Waals surface area (Å²) in [4.78, 5) is 53.7. The Morgan fingerprint density at radius 1 is 1.03 bits per heavy atom. The number of hydrogen-bond donors (Lipinski definition) is 2. The zero-order valence-electron chi connectivity index (χ0n) is 17.0. The van der Waals surface area contributed by atoms with Gasteiger partial charge >= 0.3 is 5.69 Å². The second kappa shape index (κ2) is 8.99. The minimum Gasteiger partial charge on any atom is -0.342 e. The Kier molecular flexibility index (Phi) is 5.97. The lowest BCUT2D eigenvalue weighted by atomic mass is 9.96. The topological polar surface area (TPSA) is 104 Å². The highest BCUT2D eigenvalue weighted by Crippen LogP contribution is 2.20. The van der Waals surface area contributed by atoms with Crippen molar-refractivity contribution in [1.29, 1.82) is 0 Å². The molecular formula is C23H24N4O4. The van der Waals surface area contributed by atoms with Crippen molar-refractivity contribution in [3.8, 4) is 0 Å². The molecule has 1 saturated heterocycles. The van der Waals surface area contributed by atoms with Crippen LogP contribution in [0, 0.1) is 5.92 Å². The van der Waals surface area contributed by atoms with Gasteiger partial charge in [0.2, 0.25) is 11.8 Å². The molecule has 0 bridgehead atoms. The SMILES string of the molecule is O=C(Nc1ccccc1)C1CCCN(C(=O)CCn2c(=O)[nH]c(=O)c3ccccc32)C1. The number of carbonyl (C=O) groups is 2. The summed E-state index contributed by atoms with van der Waals surface area (Å²) in [7, 11) is 0. The van der Waals surface area contributed by atoms with Gasteiger partial charge < -0.3 is 10.2 Å². The molecule has 2 N–H and O–H groups in total. The Morgan fingerprint density at radius 2 is 1.77 bits per heavy atom. The van der Waals surface area contributed by atoms with E-state index in [1.165, 1.54) is 4.57 Å². The van der Waals surface area contributed by atoms with E-state index in [2.05, 4.69) is 10.3 Å². The molecule has 0 spiro atoms. The van der Waals surface area contributed by atoms with Crippen LogP contribution in [-0.2, 0) is 16.1 Å². The first-order valence-corrected chi connectivity index (χ1v) is 10.4. The molecule has 0 radical (unpaired) electrons. The van der Waals surface area contributed by atoms with Gasteiger partial charge in [-0.25, -0.2) is 4.79 Å². The molecule has 2 heterocycles. The first kappa shape index (κ1) is 20.6. The summed E-state index contributed by atoms with van der Waals surface area (Å²) in [6.07, 6.45) is 1.59. The maximum Gasteiger partial charge on any atom is 0.328 e. The molecule has 1 aliphatic rings.